The number of nitrogens with zero attached hydrogens (tertiary/aromatic N) is 2. The minimum Gasteiger partial charge on any atom is -0.497 e. The van der Waals surface area contributed by atoms with Crippen molar-refractivity contribution in [3.05, 3.63) is 66.3 Å². The van der Waals surface area contributed by atoms with Crippen molar-refractivity contribution in [3.8, 4) is 23.0 Å². The number of ether oxygens (including phenoxy) is 6. The van der Waals surface area contributed by atoms with E-state index in [2.05, 4.69) is 24.9 Å². The predicted octanol–water partition coefficient (Wildman–Crippen LogP) is 11.0. The zero-order chi connectivity index (χ0) is 47.3. The molecule has 3 N–H and O–H groups in total. The second-order valence-corrected chi connectivity index (χ2v) is 17.7. The summed E-state index contributed by atoms with van der Waals surface area (Å²) in [5.74, 6) is -0.389. The lowest BCUT2D eigenvalue weighted by molar-refractivity contribution is -0.253. The Morgan fingerprint density at radius 1 is 0.894 bits per heavy atom. The van der Waals surface area contributed by atoms with E-state index in [9.17, 15) is 19.8 Å². The summed E-state index contributed by atoms with van der Waals surface area (Å²) in [6, 6.07) is 9.71. The van der Waals surface area contributed by atoms with Gasteiger partial charge in [0.25, 0.3) is 0 Å². The molecule has 6 atom stereocenters. The first-order valence-electron chi connectivity index (χ1n) is 24.5. The molecule has 5 rings (SSSR count). The molecule has 66 heavy (non-hydrogen) atoms. The van der Waals surface area contributed by atoms with Gasteiger partial charge in [-0.15, -0.1) is 6.58 Å². The van der Waals surface area contributed by atoms with Gasteiger partial charge in [-0.25, -0.2) is 9.59 Å². The summed E-state index contributed by atoms with van der Waals surface area (Å²) in [5.41, 5.74) is 2.83. The smallest absolute Gasteiger partial charge is 0.417 e. The van der Waals surface area contributed by atoms with E-state index < -0.39 is 29.9 Å². The molecule has 1 saturated carbocycles. The number of unbranched alkanes of at least 4 members (excludes halogenated alkanes) is 11. The first kappa shape index (κ1) is 52.2. The molecule has 0 aromatic heterocycles. The summed E-state index contributed by atoms with van der Waals surface area (Å²) in [7, 11) is 4.80. The van der Waals surface area contributed by atoms with E-state index in [0.29, 0.717) is 60.5 Å². The molecule has 2 amide bonds. The number of anilines is 1. The van der Waals surface area contributed by atoms with Gasteiger partial charge in [0.05, 0.1) is 44.8 Å². The average molecular weight is 920 g/mol. The fraction of sp³-hybridized carbons (Fsp3) is 0.635. The monoisotopic (exact) mass is 920 g/mol. The maximum atomic E-state index is 14.2. The van der Waals surface area contributed by atoms with Crippen LogP contribution in [0.2, 0.25) is 0 Å². The Balaban J connectivity index is 1.52. The number of methoxy groups -OCH3 is 2. The minimum absolute atomic E-state index is 0.00771. The zero-order valence-electron chi connectivity index (χ0n) is 40.2. The highest BCUT2D eigenvalue weighted by atomic mass is 16.7. The largest absolute Gasteiger partial charge is 0.497 e. The average Bonchev–Trinajstić information content (AvgIpc) is 3.32. The van der Waals surface area contributed by atoms with Gasteiger partial charge < -0.3 is 48.4 Å². The van der Waals surface area contributed by atoms with Crippen molar-refractivity contribution in [2.45, 2.75) is 141 Å². The van der Waals surface area contributed by atoms with Crippen LogP contribution < -0.4 is 24.3 Å². The number of hydrogen-bond acceptors (Lipinski definition) is 12. The van der Waals surface area contributed by atoms with Crippen LogP contribution in [0.25, 0.3) is 0 Å². The number of benzene rings is 2. The van der Waals surface area contributed by atoms with Crippen LogP contribution in [0.1, 0.15) is 134 Å². The van der Waals surface area contributed by atoms with Crippen LogP contribution in [0.4, 0.5) is 15.3 Å². The van der Waals surface area contributed by atoms with E-state index >= 15 is 0 Å². The second-order valence-electron chi connectivity index (χ2n) is 17.7. The van der Waals surface area contributed by atoms with Crippen molar-refractivity contribution in [1.29, 1.82) is 0 Å². The number of oxime groups is 1. The van der Waals surface area contributed by atoms with Crippen molar-refractivity contribution in [3.63, 3.8) is 0 Å². The summed E-state index contributed by atoms with van der Waals surface area (Å²) in [6.45, 7) is 9.05. The van der Waals surface area contributed by atoms with Gasteiger partial charge in [0.2, 0.25) is 5.79 Å². The SMILES string of the molecule is C=CCO[C@@]12Oc3ccc(OC(=O)Nc4ccc(OC)cc4OC)cc3[C@H]3[C@H](CCCCO)[C@@H](CCCCO)C=C(C(=NOCC)C[C@@H]1N(C)C(=O)OCCCCCCCCCCCC)[C@H]32. The molecule has 0 saturated heterocycles. The van der Waals surface area contributed by atoms with Crippen LogP contribution in [0.15, 0.2) is 65.9 Å². The maximum absolute atomic E-state index is 14.2. The Labute approximate surface area is 393 Å². The number of likely N-dealkylation sites (N-methyl/N-ethyl adjacent to an activating group) is 1. The Hall–Kier alpha value is -4.79. The van der Waals surface area contributed by atoms with Crippen LogP contribution >= 0.6 is 0 Å². The number of nitrogens with one attached hydrogen (secondary N) is 1. The summed E-state index contributed by atoms with van der Waals surface area (Å²) < 4.78 is 36.9. The zero-order valence-corrected chi connectivity index (χ0v) is 40.2. The Bertz CT molecular complexity index is 1900. The highest BCUT2D eigenvalue weighted by Gasteiger charge is 2.65. The highest BCUT2D eigenvalue weighted by molar-refractivity contribution is 6.03. The van der Waals surface area contributed by atoms with E-state index in [4.69, 9.17) is 38.4 Å². The molecule has 2 aliphatic carbocycles. The van der Waals surface area contributed by atoms with Crippen molar-refractivity contribution in [2.24, 2.45) is 22.9 Å². The standard InChI is InChI=1S/C52H77N3O11/c1-7-10-11-12-13-14-15-16-17-22-32-62-51(59)55(4)47-36-44(54-64-9-3)41-33-37(23-18-20-29-56)40(24-19-21-30-57)48-42-34-39(26-28-45(42)66-52(47,49(41)48)63-31-8-2)65-50(58)53-43-27-25-38(60-5)35-46(43)61-6/h8,25-28,33-35,37,40,47-49,56-57H,2,7,9-24,29-32,36H2,1,3-6H3,(H,53,58)/t37-,40+,47-,48+,49+,52+/m0/s1. The fourth-order valence-corrected chi connectivity index (χ4v) is 10.1. The number of aliphatic hydroxyl groups excluding tert-OH is 2. The topological polar surface area (TPSA) is 167 Å². The molecule has 1 fully saturated rings. The van der Waals surface area contributed by atoms with Gasteiger partial charge in [0.15, 0.2) is 0 Å². The van der Waals surface area contributed by atoms with Crippen LogP contribution in [0.5, 0.6) is 23.0 Å². The first-order chi connectivity index (χ1) is 32.2. The van der Waals surface area contributed by atoms with Gasteiger partial charge in [0.1, 0.15) is 35.6 Å². The van der Waals surface area contributed by atoms with Crippen molar-refractivity contribution < 1.29 is 53.1 Å². The van der Waals surface area contributed by atoms with Gasteiger partial charge in [-0.2, -0.15) is 0 Å². The van der Waals surface area contributed by atoms with Crippen LogP contribution in [-0.4, -0.2) is 99.1 Å². The number of carbonyl (C=O) groups excluding carboxylic acids is 2. The molecule has 14 heteroatoms. The Morgan fingerprint density at radius 3 is 2.26 bits per heavy atom. The third-order valence-corrected chi connectivity index (χ3v) is 13.3. The molecule has 0 radical (unpaired) electrons. The molecule has 14 nitrogen and oxygen atoms in total. The molecule has 2 aromatic rings. The Kier molecular flexibility index (Phi) is 21.4. The van der Waals surface area contributed by atoms with E-state index in [1.54, 1.807) is 55.5 Å². The van der Waals surface area contributed by atoms with Crippen molar-refractivity contribution >= 4 is 23.6 Å². The Morgan fingerprint density at radius 2 is 1.59 bits per heavy atom. The van der Waals surface area contributed by atoms with Crippen LogP contribution in [0.3, 0.4) is 0 Å². The molecule has 1 aliphatic heterocycles. The van der Waals surface area contributed by atoms with Crippen molar-refractivity contribution in [1.82, 2.24) is 4.90 Å². The number of amides is 2. The summed E-state index contributed by atoms with van der Waals surface area (Å²) in [5, 5.41) is 27.3. The second kappa shape index (κ2) is 27.1. The van der Waals surface area contributed by atoms with Gasteiger partial charge >= 0.3 is 12.2 Å². The number of fused-ring (bicyclic) bond motifs is 2. The summed E-state index contributed by atoms with van der Waals surface area (Å²) in [4.78, 5) is 35.1. The van der Waals surface area contributed by atoms with E-state index in [0.717, 1.165) is 56.1 Å². The van der Waals surface area contributed by atoms with Crippen LogP contribution in [0, 0.1) is 17.8 Å². The molecule has 3 aliphatic rings. The minimum atomic E-state index is -1.43. The van der Waals surface area contributed by atoms with Gasteiger partial charge in [0, 0.05) is 44.2 Å². The lowest BCUT2D eigenvalue weighted by Crippen LogP contribution is -2.69. The van der Waals surface area contributed by atoms with E-state index in [1.807, 2.05) is 13.0 Å². The van der Waals surface area contributed by atoms with Crippen LogP contribution in [-0.2, 0) is 14.3 Å². The van der Waals surface area contributed by atoms with E-state index in [-0.39, 0.29) is 44.0 Å². The van der Waals surface area contributed by atoms with E-state index in [1.165, 1.54) is 52.1 Å². The highest BCUT2D eigenvalue weighted by Crippen LogP contribution is 2.62. The number of allylic oxidation sites excluding steroid dienone is 1. The molecular weight excluding hydrogens is 843 g/mol. The number of rotatable bonds is 29. The number of carbonyl (C=O) groups is 2. The molecule has 0 unspecified atom stereocenters. The van der Waals surface area contributed by atoms with Gasteiger partial charge in [-0.3, -0.25) is 5.32 Å². The third-order valence-electron chi connectivity index (χ3n) is 13.3. The molecule has 0 spiro atoms. The number of aliphatic hydroxyl groups is 2. The van der Waals surface area contributed by atoms with Gasteiger partial charge in [-0.05, 0) is 86.8 Å². The molecular formula is C52H77N3O11. The first-order valence-corrected chi connectivity index (χ1v) is 24.5. The third kappa shape index (κ3) is 13.4. The summed E-state index contributed by atoms with van der Waals surface area (Å²) in [6.07, 6.45) is 19.2. The normalized spacial score (nSPS) is 22.3. The summed E-state index contributed by atoms with van der Waals surface area (Å²) >= 11 is 0. The van der Waals surface area contributed by atoms with Gasteiger partial charge in [-0.1, -0.05) is 94.9 Å². The number of hydrogen-bond donors (Lipinski definition) is 3. The quantitative estimate of drug-likeness (QED) is 0.0404. The molecule has 1 heterocycles. The van der Waals surface area contributed by atoms with Crippen molar-refractivity contribution in [2.75, 3.05) is 59.6 Å². The molecule has 2 aromatic carbocycles. The maximum Gasteiger partial charge on any atom is 0.417 e. The predicted molar refractivity (Wildman–Crippen MR) is 257 cm³/mol. The molecule has 0 bridgehead atoms. The lowest BCUT2D eigenvalue weighted by atomic mass is 9.55. The lowest BCUT2D eigenvalue weighted by Gasteiger charge is -2.59. The molecule has 366 valence electrons. The fourth-order valence-electron chi connectivity index (χ4n) is 10.1.